The Morgan fingerprint density at radius 2 is 1.77 bits per heavy atom. The lowest BCUT2D eigenvalue weighted by Gasteiger charge is -2.39. The second kappa shape index (κ2) is 8.33. The molecular weight excluding hydrogens is 412 g/mol. The van der Waals surface area contributed by atoms with Gasteiger partial charge < -0.3 is 44.8 Å². The number of ether oxygens (including phenoxy) is 3. The quantitative estimate of drug-likeness (QED) is 0.385. The number of phenolic OH excluding ortho intramolecular Hbond substituents is 2. The molecule has 1 fully saturated rings. The Labute approximate surface area is 176 Å². The number of rotatable bonds is 4. The summed E-state index contributed by atoms with van der Waals surface area (Å²) in [6, 6.07) is 8.44. The molecule has 1 saturated heterocycles. The number of aromatic hydroxyl groups is 2. The molecule has 0 radical (unpaired) electrons. The predicted octanol–water partition coefficient (Wildman–Crippen LogP) is -0.0170. The van der Waals surface area contributed by atoms with Crippen molar-refractivity contribution in [3.63, 3.8) is 0 Å². The number of fused-ring (bicyclic) bond motifs is 1. The van der Waals surface area contributed by atoms with E-state index in [0.29, 0.717) is 11.1 Å². The highest BCUT2D eigenvalue weighted by Gasteiger charge is 2.45. The van der Waals surface area contributed by atoms with E-state index in [9.17, 15) is 35.4 Å². The molecule has 0 saturated carbocycles. The van der Waals surface area contributed by atoms with Gasteiger partial charge in [-0.2, -0.15) is 0 Å². The van der Waals surface area contributed by atoms with E-state index in [1.54, 1.807) is 0 Å². The van der Waals surface area contributed by atoms with Crippen LogP contribution in [0.4, 0.5) is 0 Å². The lowest BCUT2D eigenvalue weighted by molar-refractivity contribution is -0.277. The van der Waals surface area contributed by atoms with Gasteiger partial charge >= 0.3 is 0 Å². The summed E-state index contributed by atoms with van der Waals surface area (Å²) < 4.78 is 16.6. The van der Waals surface area contributed by atoms with Gasteiger partial charge in [0.25, 0.3) is 0 Å². The Hall–Kier alpha value is -2.89. The van der Waals surface area contributed by atoms with E-state index in [4.69, 9.17) is 14.2 Å². The van der Waals surface area contributed by atoms with Crippen molar-refractivity contribution < 1.29 is 49.6 Å². The van der Waals surface area contributed by atoms with Crippen LogP contribution in [-0.4, -0.2) is 73.7 Å². The number of benzene rings is 2. The standard InChI is InChI=1S/C21H22O10/c22-8-17-18(26)19(27)20(28)21(31-17)30-16-5-9(1-4-12(16)24)14-7-13(25)11-3-2-10(23)6-15(11)29-14/h1-6,14,17-24,26-28H,7-8H2/t14-,17+,18+,19-,20+,21+/m0/s1. The molecule has 10 nitrogen and oxygen atoms in total. The van der Waals surface area contributed by atoms with Crippen molar-refractivity contribution >= 4 is 5.78 Å². The molecule has 0 bridgehead atoms. The van der Waals surface area contributed by atoms with Crippen LogP contribution in [0, 0.1) is 0 Å². The average Bonchev–Trinajstić information content (AvgIpc) is 2.75. The van der Waals surface area contributed by atoms with Crippen LogP contribution in [0.1, 0.15) is 28.4 Å². The van der Waals surface area contributed by atoms with Crippen LogP contribution in [-0.2, 0) is 4.74 Å². The third-order valence-corrected chi connectivity index (χ3v) is 5.35. The maximum Gasteiger partial charge on any atom is 0.229 e. The number of hydrogen-bond donors (Lipinski definition) is 6. The molecule has 2 aromatic rings. The molecule has 4 rings (SSSR count). The fourth-order valence-corrected chi connectivity index (χ4v) is 3.61. The molecule has 166 valence electrons. The number of phenols is 2. The lowest BCUT2D eigenvalue weighted by atomic mass is 9.96. The summed E-state index contributed by atoms with van der Waals surface area (Å²) >= 11 is 0. The molecule has 6 N–H and O–H groups in total. The van der Waals surface area contributed by atoms with Crippen molar-refractivity contribution in [2.75, 3.05) is 6.61 Å². The molecule has 2 heterocycles. The Morgan fingerprint density at radius 3 is 2.52 bits per heavy atom. The van der Waals surface area contributed by atoms with Crippen LogP contribution in [0.5, 0.6) is 23.0 Å². The Kier molecular flexibility index (Phi) is 5.73. The molecule has 0 unspecified atom stereocenters. The molecule has 2 aliphatic rings. The lowest BCUT2D eigenvalue weighted by Crippen LogP contribution is -2.60. The monoisotopic (exact) mass is 434 g/mol. The molecule has 10 heteroatoms. The first kappa shape index (κ1) is 21.3. The van der Waals surface area contributed by atoms with Gasteiger partial charge in [0, 0.05) is 6.07 Å². The Balaban J connectivity index is 1.57. The van der Waals surface area contributed by atoms with Crippen molar-refractivity contribution in [2.24, 2.45) is 0 Å². The topological polar surface area (TPSA) is 166 Å². The van der Waals surface area contributed by atoms with Gasteiger partial charge in [-0.1, -0.05) is 6.07 Å². The second-order valence-corrected chi connectivity index (χ2v) is 7.46. The van der Waals surface area contributed by atoms with E-state index in [0.717, 1.165) is 0 Å². The predicted molar refractivity (Wildman–Crippen MR) is 103 cm³/mol. The molecule has 0 aliphatic carbocycles. The number of carbonyl (C=O) groups is 1. The van der Waals surface area contributed by atoms with Crippen LogP contribution < -0.4 is 9.47 Å². The van der Waals surface area contributed by atoms with Crippen molar-refractivity contribution in [3.05, 3.63) is 47.5 Å². The summed E-state index contributed by atoms with van der Waals surface area (Å²) in [6.45, 7) is -0.624. The van der Waals surface area contributed by atoms with E-state index in [1.165, 1.54) is 36.4 Å². The van der Waals surface area contributed by atoms with E-state index < -0.39 is 43.4 Å². The molecular formula is C21H22O10. The van der Waals surface area contributed by atoms with Crippen LogP contribution in [0.25, 0.3) is 0 Å². The minimum absolute atomic E-state index is 0.0159. The summed E-state index contributed by atoms with van der Waals surface area (Å²) in [5.41, 5.74) is 0.824. The van der Waals surface area contributed by atoms with Crippen LogP contribution in [0.2, 0.25) is 0 Å². The molecule has 2 aliphatic heterocycles. The summed E-state index contributed by atoms with van der Waals surface area (Å²) in [5.74, 6) is -0.438. The fourth-order valence-electron chi connectivity index (χ4n) is 3.61. The number of aliphatic hydroxyl groups excluding tert-OH is 4. The normalized spacial score (nSPS) is 30.4. The summed E-state index contributed by atoms with van der Waals surface area (Å²) in [5, 5.41) is 59.1. The zero-order valence-corrected chi connectivity index (χ0v) is 16.2. The Bertz CT molecular complexity index is 975. The highest BCUT2D eigenvalue weighted by atomic mass is 16.7. The first-order valence-electron chi connectivity index (χ1n) is 9.61. The van der Waals surface area contributed by atoms with Gasteiger partial charge in [0.15, 0.2) is 17.3 Å². The van der Waals surface area contributed by atoms with E-state index in [-0.39, 0.29) is 35.2 Å². The average molecular weight is 434 g/mol. The SMILES string of the molecule is O=C1C[C@@H](c2ccc(O)c(O[C@@H]3O[C@H](CO)[C@@H](O)[C@H](O)[C@H]3O)c2)Oc2cc(O)ccc21. The maximum atomic E-state index is 12.5. The minimum Gasteiger partial charge on any atom is -0.508 e. The number of hydrogen-bond acceptors (Lipinski definition) is 10. The van der Waals surface area contributed by atoms with Crippen molar-refractivity contribution in [3.8, 4) is 23.0 Å². The first-order chi connectivity index (χ1) is 14.8. The third-order valence-electron chi connectivity index (χ3n) is 5.35. The van der Waals surface area contributed by atoms with Gasteiger partial charge in [0.05, 0.1) is 18.6 Å². The van der Waals surface area contributed by atoms with Crippen LogP contribution >= 0.6 is 0 Å². The van der Waals surface area contributed by atoms with E-state index >= 15 is 0 Å². The molecule has 31 heavy (non-hydrogen) atoms. The van der Waals surface area contributed by atoms with E-state index in [2.05, 4.69) is 0 Å². The molecule has 6 atom stereocenters. The van der Waals surface area contributed by atoms with Gasteiger partial charge in [-0.15, -0.1) is 0 Å². The highest BCUT2D eigenvalue weighted by molar-refractivity contribution is 6.00. The van der Waals surface area contributed by atoms with Crippen molar-refractivity contribution in [1.82, 2.24) is 0 Å². The van der Waals surface area contributed by atoms with Gasteiger partial charge in [-0.3, -0.25) is 4.79 Å². The largest absolute Gasteiger partial charge is 0.508 e. The third kappa shape index (κ3) is 4.03. The molecule has 0 aromatic heterocycles. The number of carbonyl (C=O) groups excluding carboxylic acids is 1. The molecule has 2 aromatic carbocycles. The number of Topliss-reactive ketones (excluding diaryl/α,β-unsaturated/α-hetero) is 1. The second-order valence-electron chi connectivity index (χ2n) is 7.46. The van der Waals surface area contributed by atoms with Crippen molar-refractivity contribution in [2.45, 2.75) is 43.2 Å². The smallest absolute Gasteiger partial charge is 0.229 e. The zero-order chi connectivity index (χ0) is 22.3. The van der Waals surface area contributed by atoms with Gasteiger partial charge in [-0.25, -0.2) is 0 Å². The van der Waals surface area contributed by atoms with Gasteiger partial charge in [0.2, 0.25) is 6.29 Å². The Morgan fingerprint density at radius 1 is 1.00 bits per heavy atom. The minimum atomic E-state index is -1.65. The molecule has 0 spiro atoms. The van der Waals surface area contributed by atoms with Crippen molar-refractivity contribution in [1.29, 1.82) is 0 Å². The number of ketones is 1. The fraction of sp³-hybridized carbons (Fsp3) is 0.381. The first-order valence-corrected chi connectivity index (χ1v) is 9.61. The summed E-state index contributed by atoms with van der Waals surface area (Å²) in [4.78, 5) is 12.5. The van der Waals surface area contributed by atoms with Crippen LogP contribution in [0.15, 0.2) is 36.4 Å². The highest BCUT2D eigenvalue weighted by Crippen LogP contribution is 2.39. The summed E-state index contributed by atoms with van der Waals surface area (Å²) in [7, 11) is 0. The van der Waals surface area contributed by atoms with Gasteiger partial charge in [0.1, 0.15) is 42.0 Å². The van der Waals surface area contributed by atoms with E-state index in [1.807, 2.05) is 0 Å². The maximum absolute atomic E-state index is 12.5. The summed E-state index contributed by atoms with van der Waals surface area (Å²) in [6.07, 6.45) is -8.19. The number of aliphatic hydroxyl groups is 4. The zero-order valence-electron chi connectivity index (χ0n) is 16.2. The van der Waals surface area contributed by atoms with Gasteiger partial charge in [-0.05, 0) is 29.8 Å². The van der Waals surface area contributed by atoms with Crippen LogP contribution in [0.3, 0.4) is 0 Å². The molecule has 0 amide bonds.